The lowest BCUT2D eigenvalue weighted by Crippen LogP contribution is -1.83. The highest BCUT2D eigenvalue weighted by Gasteiger charge is 1.95. The van der Waals surface area contributed by atoms with Crippen LogP contribution in [0.2, 0.25) is 0 Å². The fourth-order valence-corrected chi connectivity index (χ4v) is 2.16. The van der Waals surface area contributed by atoms with Crippen LogP contribution in [0.3, 0.4) is 0 Å². The van der Waals surface area contributed by atoms with E-state index in [-0.39, 0.29) is 0 Å². The average Bonchev–Trinajstić information content (AvgIpc) is 2.42. The maximum absolute atomic E-state index is 3.50. The monoisotopic (exact) mass is 312 g/mol. The van der Waals surface area contributed by atoms with Gasteiger partial charge in [-0.2, -0.15) is 0 Å². The molecule has 0 aromatic heterocycles. The van der Waals surface area contributed by atoms with E-state index in [0.717, 1.165) is 22.0 Å². The number of hydrogen-bond acceptors (Lipinski definition) is 0. The van der Waals surface area contributed by atoms with E-state index in [1.54, 1.807) is 0 Å². The van der Waals surface area contributed by atoms with Gasteiger partial charge in [-0.15, -0.1) is 0 Å². The molecule has 19 heavy (non-hydrogen) atoms. The molecule has 96 valence electrons. The first kappa shape index (κ1) is 13.9. The van der Waals surface area contributed by atoms with E-state index in [2.05, 4.69) is 72.0 Å². The summed E-state index contributed by atoms with van der Waals surface area (Å²) in [5, 5.41) is 0. The Balaban J connectivity index is 2.16. The van der Waals surface area contributed by atoms with E-state index in [9.17, 15) is 0 Å². The lowest BCUT2D eigenvalue weighted by molar-refractivity contribution is 0.922. The first-order valence-corrected chi connectivity index (χ1v) is 7.35. The Labute approximate surface area is 124 Å². The van der Waals surface area contributed by atoms with Crippen LogP contribution in [0, 0.1) is 18.8 Å². The Morgan fingerprint density at radius 2 is 1.58 bits per heavy atom. The summed E-state index contributed by atoms with van der Waals surface area (Å²) in [7, 11) is 0. The Morgan fingerprint density at radius 1 is 0.947 bits per heavy atom. The van der Waals surface area contributed by atoms with Gasteiger partial charge in [-0.05, 0) is 54.8 Å². The topological polar surface area (TPSA) is 0 Å². The summed E-state index contributed by atoms with van der Waals surface area (Å²) in [6.07, 6.45) is 2.32. The third-order valence-corrected chi connectivity index (χ3v) is 3.89. The van der Waals surface area contributed by atoms with Crippen molar-refractivity contribution in [2.75, 3.05) is 0 Å². The summed E-state index contributed by atoms with van der Waals surface area (Å²) in [4.78, 5) is 0. The molecule has 0 radical (unpaired) electrons. The average molecular weight is 313 g/mol. The van der Waals surface area contributed by atoms with Gasteiger partial charge in [0.15, 0.2) is 0 Å². The van der Waals surface area contributed by atoms with Crippen molar-refractivity contribution in [3.63, 3.8) is 0 Å². The predicted octanol–water partition coefficient (Wildman–Crippen LogP) is 5.11. The van der Waals surface area contributed by atoms with Crippen LogP contribution in [0.5, 0.6) is 0 Å². The van der Waals surface area contributed by atoms with Gasteiger partial charge >= 0.3 is 0 Å². The van der Waals surface area contributed by atoms with Crippen molar-refractivity contribution in [2.45, 2.75) is 26.7 Å². The second-order valence-corrected chi connectivity index (χ2v) is 5.52. The molecule has 0 bridgehead atoms. The van der Waals surface area contributed by atoms with Gasteiger partial charge in [0.05, 0.1) is 0 Å². The SMILES string of the molecule is CCCc1ccc(C#Cc2ccc(Br)c(C)c2)cc1. The molecule has 0 unspecified atom stereocenters. The van der Waals surface area contributed by atoms with Gasteiger partial charge in [0.2, 0.25) is 0 Å². The van der Waals surface area contributed by atoms with Crippen LogP contribution in [0.4, 0.5) is 0 Å². The van der Waals surface area contributed by atoms with Crippen molar-refractivity contribution in [3.05, 3.63) is 69.2 Å². The van der Waals surface area contributed by atoms with Crippen molar-refractivity contribution < 1.29 is 0 Å². The highest BCUT2D eigenvalue weighted by molar-refractivity contribution is 9.10. The summed E-state index contributed by atoms with van der Waals surface area (Å²) >= 11 is 3.50. The third-order valence-electron chi connectivity index (χ3n) is 3.00. The summed E-state index contributed by atoms with van der Waals surface area (Å²) in [6, 6.07) is 14.7. The molecule has 0 heterocycles. The second-order valence-electron chi connectivity index (χ2n) is 4.66. The highest BCUT2D eigenvalue weighted by Crippen LogP contribution is 2.16. The minimum absolute atomic E-state index is 1.05. The Kier molecular flexibility index (Phi) is 4.82. The van der Waals surface area contributed by atoms with Crippen LogP contribution >= 0.6 is 15.9 Å². The molecule has 0 aliphatic heterocycles. The molecule has 0 aliphatic carbocycles. The predicted molar refractivity (Wildman–Crippen MR) is 85.3 cm³/mol. The quantitative estimate of drug-likeness (QED) is 0.676. The van der Waals surface area contributed by atoms with Crippen molar-refractivity contribution in [1.29, 1.82) is 0 Å². The first-order chi connectivity index (χ1) is 9.19. The fourth-order valence-electron chi connectivity index (χ4n) is 1.91. The van der Waals surface area contributed by atoms with E-state index in [0.29, 0.717) is 0 Å². The van der Waals surface area contributed by atoms with E-state index < -0.39 is 0 Å². The van der Waals surface area contributed by atoms with Crippen LogP contribution in [0.25, 0.3) is 0 Å². The molecule has 0 fully saturated rings. The van der Waals surface area contributed by atoms with Crippen molar-refractivity contribution in [3.8, 4) is 11.8 Å². The number of benzene rings is 2. The second kappa shape index (κ2) is 6.59. The smallest absolute Gasteiger partial charge is 0.0252 e. The van der Waals surface area contributed by atoms with E-state index in [1.807, 2.05) is 12.1 Å². The molecule has 0 amide bonds. The number of halogens is 1. The van der Waals surface area contributed by atoms with Crippen LogP contribution in [0.1, 0.15) is 35.6 Å². The Morgan fingerprint density at radius 3 is 2.21 bits per heavy atom. The molecule has 1 heteroatoms. The highest BCUT2D eigenvalue weighted by atomic mass is 79.9. The number of rotatable bonds is 2. The van der Waals surface area contributed by atoms with Gasteiger partial charge in [-0.25, -0.2) is 0 Å². The molecular weight excluding hydrogens is 296 g/mol. The van der Waals surface area contributed by atoms with Gasteiger partial charge in [0, 0.05) is 15.6 Å². The van der Waals surface area contributed by atoms with Crippen molar-refractivity contribution >= 4 is 15.9 Å². The molecule has 0 aliphatic rings. The lowest BCUT2D eigenvalue weighted by atomic mass is 10.1. The fraction of sp³-hybridized carbons (Fsp3) is 0.222. The molecular formula is C18H17Br. The Bertz CT molecular complexity index is 612. The first-order valence-electron chi connectivity index (χ1n) is 6.56. The maximum Gasteiger partial charge on any atom is 0.0252 e. The normalized spacial score (nSPS) is 9.84. The van der Waals surface area contributed by atoms with E-state index >= 15 is 0 Å². The van der Waals surface area contributed by atoms with Crippen LogP contribution in [0.15, 0.2) is 46.9 Å². The van der Waals surface area contributed by atoms with Crippen LogP contribution < -0.4 is 0 Å². The molecule has 0 atom stereocenters. The Hall–Kier alpha value is -1.52. The van der Waals surface area contributed by atoms with Gasteiger partial charge in [-0.1, -0.05) is 53.2 Å². The molecule has 0 saturated carbocycles. The minimum atomic E-state index is 1.05. The third kappa shape index (κ3) is 3.98. The summed E-state index contributed by atoms with van der Waals surface area (Å²) < 4.78 is 1.13. The van der Waals surface area contributed by atoms with Crippen molar-refractivity contribution in [1.82, 2.24) is 0 Å². The molecule has 0 N–H and O–H groups in total. The molecule has 2 aromatic carbocycles. The largest absolute Gasteiger partial charge is 0.0651 e. The van der Waals surface area contributed by atoms with E-state index in [4.69, 9.17) is 0 Å². The summed E-state index contributed by atoms with van der Waals surface area (Å²) in [6.45, 7) is 4.28. The number of aryl methyl sites for hydroxylation is 2. The summed E-state index contributed by atoms with van der Waals surface area (Å²) in [5.41, 5.74) is 4.72. The summed E-state index contributed by atoms with van der Waals surface area (Å²) in [5.74, 6) is 6.42. The number of hydrogen-bond donors (Lipinski definition) is 0. The maximum atomic E-state index is 3.50. The zero-order valence-corrected chi connectivity index (χ0v) is 12.9. The van der Waals surface area contributed by atoms with Gasteiger partial charge < -0.3 is 0 Å². The molecule has 0 saturated heterocycles. The van der Waals surface area contributed by atoms with Gasteiger partial charge in [-0.3, -0.25) is 0 Å². The lowest BCUT2D eigenvalue weighted by Gasteiger charge is -1.98. The van der Waals surface area contributed by atoms with Gasteiger partial charge in [0.25, 0.3) is 0 Å². The van der Waals surface area contributed by atoms with E-state index in [1.165, 1.54) is 17.5 Å². The standard InChI is InChI=1S/C18H17Br/c1-3-4-15-5-7-16(8-6-15)9-10-17-11-12-18(19)14(2)13-17/h5-8,11-13H,3-4H2,1-2H3. The molecule has 0 spiro atoms. The zero-order chi connectivity index (χ0) is 13.7. The zero-order valence-electron chi connectivity index (χ0n) is 11.3. The van der Waals surface area contributed by atoms with Crippen LogP contribution in [-0.4, -0.2) is 0 Å². The molecule has 2 rings (SSSR count). The molecule has 0 nitrogen and oxygen atoms in total. The van der Waals surface area contributed by atoms with Gasteiger partial charge in [0.1, 0.15) is 0 Å². The van der Waals surface area contributed by atoms with Crippen LogP contribution in [-0.2, 0) is 6.42 Å². The minimum Gasteiger partial charge on any atom is -0.0651 e. The molecule has 2 aromatic rings. The van der Waals surface area contributed by atoms with Crippen molar-refractivity contribution in [2.24, 2.45) is 0 Å².